The number of anilines is 3. The van der Waals surface area contributed by atoms with Crippen LogP contribution >= 0.6 is 0 Å². The van der Waals surface area contributed by atoms with Crippen LogP contribution < -0.4 is 20.9 Å². The molecule has 3 aromatic rings. The Hall–Kier alpha value is -3.74. The molecule has 0 unspecified atom stereocenters. The number of ether oxygens (including phenoxy) is 1. The first-order valence-corrected chi connectivity index (χ1v) is 8.87. The molecule has 3 rings (SSSR count). The van der Waals surface area contributed by atoms with Gasteiger partial charge in [-0.15, -0.1) is 5.11 Å². The first-order valence-electron chi connectivity index (χ1n) is 7.39. The maximum Gasteiger partial charge on any atom is 0.264 e. The molecule has 0 saturated carbocycles. The number of aromatic amines is 1. The number of rotatable bonds is 6. The summed E-state index contributed by atoms with van der Waals surface area (Å²) in [4.78, 5) is 7.72. The summed E-state index contributed by atoms with van der Waals surface area (Å²) < 4.78 is 31.9. The Bertz CT molecular complexity index is 1040. The lowest BCUT2D eigenvalue weighted by molar-refractivity contribution is 0.411. The van der Waals surface area contributed by atoms with Crippen LogP contribution in [0.1, 0.15) is 0 Å². The third-order valence-electron chi connectivity index (χ3n) is 3.30. The molecule has 140 valence electrons. The summed E-state index contributed by atoms with van der Waals surface area (Å²) in [5.41, 5.74) is 11.8. The molecule has 13 heteroatoms. The molecule has 2 aromatic heterocycles. The van der Waals surface area contributed by atoms with E-state index in [0.717, 1.165) is 0 Å². The number of hydrogen-bond donors (Lipinski definition) is 4. The van der Waals surface area contributed by atoms with Crippen molar-refractivity contribution in [3.8, 4) is 5.75 Å². The Morgan fingerprint density at radius 2 is 1.78 bits per heavy atom. The largest absolute Gasteiger partial charge is 0.494 e. The van der Waals surface area contributed by atoms with Crippen molar-refractivity contribution in [3.05, 3.63) is 36.7 Å². The van der Waals surface area contributed by atoms with E-state index in [9.17, 15) is 8.42 Å². The summed E-state index contributed by atoms with van der Waals surface area (Å²) in [7, 11) is -2.41. The highest BCUT2D eigenvalue weighted by Gasteiger charge is 2.15. The van der Waals surface area contributed by atoms with E-state index in [2.05, 4.69) is 35.1 Å². The molecule has 0 fully saturated rings. The van der Waals surface area contributed by atoms with Gasteiger partial charge >= 0.3 is 0 Å². The quantitative estimate of drug-likeness (QED) is 0.457. The number of benzene rings is 1. The second-order valence-electron chi connectivity index (χ2n) is 5.12. The Kier molecular flexibility index (Phi) is 4.85. The van der Waals surface area contributed by atoms with E-state index >= 15 is 0 Å². The monoisotopic (exact) mass is 389 g/mol. The predicted molar refractivity (Wildman–Crippen MR) is 97.4 cm³/mol. The van der Waals surface area contributed by atoms with E-state index in [4.69, 9.17) is 16.2 Å². The molecule has 0 bridgehead atoms. The smallest absolute Gasteiger partial charge is 0.264 e. The van der Waals surface area contributed by atoms with Gasteiger partial charge < -0.3 is 16.2 Å². The molecule has 1 aromatic carbocycles. The molecule has 0 radical (unpaired) electrons. The topological polar surface area (TPSA) is 187 Å². The van der Waals surface area contributed by atoms with E-state index in [1.54, 1.807) is 0 Å². The van der Waals surface area contributed by atoms with Crippen molar-refractivity contribution in [3.63, 3.8) is 0 Å². The van der Waals surface area contributed by atoms with Crippen molar-refractivity contribution in [1.29, 1.82) is 0 Å². The normalized spacial score (nSPS) is 11.6. The van der Waals surface area contributed by atoms with Gasteiger partial charge in [0.05, 0.1) is 30.1 Å². The van der Waals surface area contributed by atoms with E-state index in [0.29, 0.717) is 11.4 Å². The Morgan fingerprint density at radius 1 is 1.11 bits per heavy atom. The number of aromatic nitrogens is 4. The van der Waals surface area contributed by atoms with Crippen molar-refractivity contribution in [2.45, 2.75) is 4.90 Å². The third kappa shape index (κ3) is 4.09. The lowest BCUT2D eigenvalue weighted by Gasteiger charge is -2.07. The average Bonchev–Trinajstić information content (AvgIpc) is 2.98. The second-order valence-corrected chi connectivity index (χ2v) is 6.80. The van der Waals surface area contributed by atoms with Crippen LogP contribution in [0.3, 0.4) is 0 Å². The number of nitrogens with zero attached hydrogens (tertiary/aromatic N) is 5. The van der Waals surface area contributed by atoms with Gasteiger partial charge in [-0.1, -0.05) is 0 Å². The van der Waals surface area contributed by atoms with Crippen LogP contribution in [0.4, 0.5) is 29.0 Å². The fourth-order valence-electron chi connectivity index (χ4n) is 1.92. The molecule has 0 aliphatic carbocycles. The molecule has 0 spiro atoms. The third-order valence-corrected chi connectivity index (χ3v) is 4.64. The van der Waals surface area contributed by atoms with Gasteiger partial charge in [0.1, 0.15) is 5.82 Å². The Labute approximate surface area is 153 Å². The highest BCUT2D eigenvalue weighted by molar-refractivity contribution is 7.92. The minimum absolute atomic E-state index is 0.00297. The van der Waals surface area contributed by atoms with Crippen molar-refractivity contribution in [1.82, 2.24) is 20.2 Å². The summed E-state index contributed by atoms with van der Waals surface area (Å²) in [5, 5.41) is 14.0. The number of azo groups is 1. The van der Waals surface area contributed by atoms with Gasteiger partial charge in [0.2, 0.25) is 5.95 Å². The predicted octanol–water partition coefficient (Wildman–Crippen LogP) is 1.59. The molecule has 27 heavy (non-hydrogen) atoms. The SMILES string of the molecule is COc1cnc(NS(=O)(=O)c2ccc(N=Nc3c(N)n[nH]c3N)cc2)nc1. The number of H-pyrrole nitrogens is 1. The fraction of sp³-hybridized carbons (Fsp3) is 0.0714. The summed E-state index contributed by atoms with van der Waals surface area (Å²) in [6.45, 7) is 0. The maximum atomic E-state index is 12.4. The molecular formula is C14H15N9O3S. The lowest BCUT2D eigenvalue weighted by atomic mass is 10.3. The summed E-state index contributed by atoms with van der Waals surface area (Å²) in [5.74, 6) is 0.621. The highest BCUT2D eigenvalue weighted by atomic mass is 32.2. The van der Waals surface area contributed by atoms with E-state index in [-0.39, 0.29) is 28.2 Å². The Morgan fingerprint density at radius 3 is 2.33 bits per heavy atom. The zero-order valence-corrected chi connectivity index (χ0v) is 14.8. The van der Waals surface area contributed by atoms with E-state index in [1.807, 2.05) is 0 Å². The van der Waals surface area contributed by atoms with Gasteiger partial charge in [-0.05, 0) is 24.3 Å². The van der Waals surface area contributed by atoms with E-state index < -0.39 is 10.0 Å². The van der Waals surface area contributed by atoms with Gasteiger partial charge in [-0.25, -0.2) is 23.1 Å². The summed E-state index contributed by atoms with van der Waals surface area (Å²) in [6, 6.07) is 5.67. The van der Waals surface area contributed by atoms with Crippen molar-refractivity contribution >= 4 is 39.0 Å². The van der Waals surface area contributed by atoms with Gasteiger partial charge in [-0.2, -0.15) is 10.2 Å². The van der Waals surface area contributed by atoms with Crippen LogP contribution in [0.15, 0.2) is 51.8 Å². The van der Waals surface area contributed by atoms with Gasteiger partial charge in [0.25, 0.3) is 10.0 Å². The molecule has 0 atom stereocenters. The standard InChI is InChI=1S/C14H15N9O3S/c1-26-9-6-17-14(18-7-9)23-27(24,25)10-4-2-8(3-5-10)19-20-11-12(15)21-22-13(11)16/h2-7H,1H3,(H,17,18,23)(H5,15,16,21,22). The molecule has 0 aliphatic rings. The van der Waals surface area contributed by atoms with Gasteiger partial charge in [0.15, 0.2) is 17.3 Å². The molecule has 0 aliphatic heterocycles. The van der Waals surface area contributed by atoms with Crippen LogP contribution in [-0.4, -0.2) is 35.7 Å². The second kappa shape index (κ2) is 7.25. The highest BCUT2D eigenvalue weighted by Crippen LogP contribution is 2.28. The number of nitrogens with one attached hydrogen (secondary N) is 2. The number of hydrogen-bond acceptors (Lipinski definition) is 10. The average molecular weight is 389 g/mol. The number of nitrogen functional groups attached to an aromatic ring is 2. The van der Waals surface area contributed by atoms with Crippen molar-refractivity contribution in [2.75, 3.05) is 23.3 Å². The summed E-state index contributed by atoms with van der Waals surface area (Å²) in [6.07, 6.45) is 2.70. The minimum atomic E-state index is -3.86. The first-order chi connectivity index (χ1) is 12.9. The van der Waals surface area contributed by atoms with Crippen molar-refractivity contribution in [2.24, 2.45) is 10.2 Å². The van der Waals surface area contributed by atoms with Gasteiger partial charge in [0, 0.05) is 0 Å². The number of nitrogens with two attached hydrogens (primary N) is 2. The van der Waals surface area contributed by atoms with Crippen LogP contribution in [-0.2, 0) is 10.0 Å². The van der Waals surface area contributed by atoms with Crippen LogP contribution in [0.5, 0.6) is 5.75 Å². The fourth-order valence-corrected chi connectivity index (χ4v) is 2.88. The molecule has 6 N–H and O–H groups in total. The zero-order valence-electron chi connectivity index (χ0n) is 14.0. The van der Waals surface area contributed by atoms with Crippen LogP contribution in [0, 0.1) is 0 Å². The van der Waals surface area contributed by atoms with Crippen LogP contribution in [0.25, 0.3) is 0 Å². The first kappa shape index (κ1) is 18.1. The lowest BCUT2D eigenvalue weighted by Crippen LogP contribution is -2.14. The maximum absolute atomic E-state index is 12.4. The number of sulfonamides is 1. The van der Waals surface area contributed by atoms with Crippen LogP contribution in [0.2, 0.25) is 0 Å². The molecule has 12 nitrogen and oxygen atoms in total. The van der Waals surface area contributed by atoms with E-state index in [1.165, 1.54) is 43.8 Å². The molecular weight excluding hydrogens is 374 g/mol. The summed E-state index contributed by atoms with van der Waals surface area (Å²) >= 11 is 0. The molecule has 2 heterocycles. The molecule has 0 saturated heterocycles. The minimum Gasteiger partial charge on any atom is -0.494 e. The van der Waals surface area contributed by atoms with Gasteiger partial charge in [-0.3, -0.25) is 5.10 Å². The number of methoxy groups -OCH3 is 1. The Balaban J connectivity index is 1.75. The molecule has 0 amide bonds. The zero-order chi connectivity index (χ0) is 19.4. The van der Waals surface area contributed by atoms with Crippen molar-refractivity contribution < 1.29 is 13.2 Å².